The van der Waals surface area contributed by atoms with E-state index in [2.05, 4.69) is 52.4 Å². The monoisotopic (exact) mass is 360 g/mol. The Bertz CT molecular complexity index is 681. The molecule has 3 nitrogen and oxygen atoms in total. The number of rotatable bonds is 5. The van der Waals surface area contributed by atoms with Crippen LogP contribution in [-0.4, -0.2) is 12.3 Å². The van der Waals surface area contributed by atoms with Gasteiger partial charge in [0.15, 0.2) is 0 Å². The Balaban J connectivity index is 2.03. The van der Waals surface area contributed by atoms with Crippen molar-refractivity contribution in [3.63, 3.8) is 0 Å². The van der Waals surface area contributed by atoms with Gasteiger partial charge in [0.25, 0.3) is 0 Å². The zero-order valence-electron chi connectivity index (χ0n) is 13.4. The predicted molar refractivity (Wildman–Crippen MR) is 97.0 cm³/mol. The van der Waals surface area contributed by atoms with Gasteiger partial charge in [-0.2, -0.15) is 5.10 Å². The van der Waals surface area contributed by atoms with E-state index in [0.717, 1.165) is 21.5 Å². The molecule has 116 valence electrons. The normalized spacial score (nSPS) is 11.2. The molecule has 2 aromatic rings. The molecule has 0 fully saturated rings. The first kappa shape index (κ1) is 16.6. The molecule has 0 bridgehead atoms. The Morgan fingerprint density at radius 3 is 2.50 bits per heavy atom. The molecule has 0 saturated carbocycles. The van der Waals surface area contributed by atoms with Crippen LogP contribution in [0.2, 0.25) is 0 Å². The molecule has 0 amide bonds. The first-order valence-corrected chi connectivity index (χ1v) is 8.07. The number of hydrogen-bond acceptors (Lipinski definition) is 3. The minimum atomic E-state index is 0.155. The molecular formula is C18H21BrN2O. The summed E-state index contributed by atoms with van der Waals surface area (Å²) in [7, 11) is 0. The lowest BCUT2D eigenvalue weighted by Gasteiger charge is -2.11. The minimum Gasteiger partial charge on any atom is -0.490 e. The Morgan fingerprint density at radius 2 is 1.86 bits per heavy atom. The van der Waals surface area contributed by atoms with E-state index in [0.29, 0.717) is 0 Å². The number of halogens is 1. The molecule has 0 spiro atoms. The molecule has 1 N–H and O–H groups in total. The van der Waals surface area contributed by atoms with Gasteiger partial charge in [-0.25, -0.2) is 0 Å². The standard InChI is InChI=1S/C18H21BrN2O/c1-12(2)22-18-8-6-15(10-17(18)19)11-20-21-16-7-5-13(3)14(4)9-16/h5-12,21H,1-4H3/b20-11+. The Kier molecular flexibility index (Phi) is 5.61. The van der Waals surface area contributed by atoms with Crippen LogP contribution in [0.15, 0.2) is 46.0 Å². The third kappa shape index (κ3) is 4.60. The van der Waals surface area contributed by atoms with Crippen LogP contribution >= 0.6 is 15.9 Å². The molecular weight excluding hydrogens is 340 g/mol. The van der Waals surface area contributed by atoms with Gasteiger partial charge in [-0.15, -0.1) is 0 Å². The number of anilines is 1. The van der Waals surface area contributed by atoms with Crippen LogP contribution in [0.1, 0.15) is 30.5 Å². The van der Waals surface area contributed by atoms with E-state index in [9.17, 15) is 0 Å². The number of aryl methyl sites for hydroxylation is 2. The van der Waals surface area contributed by atoms with Crippen molar-refractivity contribution in [3.05, 3.63) is 57.6 Å². The highest BCUT2D eigenvalue weighted by Crippen LogP contribution is 2.26. The van der Waals surface area contributed by atoms with Gasteiger partial charge in [0.1, 0.15) is 5.75 Å². The molecule has 4 heteroatoms. The zero-order chi connectivity index (χ0) is 16.1. The molecule has 0 heterocycles. The molecule has 0 aliphatic rings. The van der Waals surface area contributed by atoms with Gasteiger partial charge >= 0.3 is 0 Å². The summed E-state index contributed by atoms with van der Waals surface area (Å²) in [5.41, 5.74) is 7.56. The van der Waals surface area contributed by atoms with Crippen LogP contribution in [0.25, 0.3) is 0 Å². The van der Waals surface area contributed by atoms with E-state index in [-0.39, 0.29) is 6.10 Å². The summed E-state index contributed by atoms with van der Waals surface area (Å²) < 4.78 is 6.62. The zero-order valence-corrected chi connectivity index (χ0v) is 14.9. The lowest BCUT2D eigenvalue weighted by Crippen LogP contribution is -2.06. The number of nitrogens with one attached hydrogen (secondary N) is 1. The van der Waals surface area contributed by atoms with E-state index < -0.39 is 0 Å². The summed E-state index contributed by atoms with van der Waals surface area (Å²) in [4.78, 5) is 0. The fraction of sp³-hybridized carbons (Fsp3) is 0.278. The first-order valence-electron chi connectivity index (χ1n) is 7.28. The molecule has 22 heavy (non-hydrogen) atoms. The van der Waals surface area contributed by atoms with Crippen molar-refractivity contribution >= 4 is 27.8 Å². The van der Waals surface area contributed by atoms with Crippen molar-refractivity contribution in [2.24, 2.45) is 5.10 Å². The minimum absolute atomic E-state index is 0.155. The highest BCUT2D eigenvalue weighted by molar-refractivity contribution is 9.10. The van der Waals surface area contributed by atoms with Gasteiger partial charge in [-0.05, 0) is 90.6 Å². The number of hydrazone groups is 1. The molecule has 0 saturated heterocycles. The van der Waals surface area contributed by atoms with E-state index >= 15 is 0 Å². The molecule has 0 atom stereocenters. The topological polar surface area (TPSA) is 33.6 Å². The van der Waals surface area contributed by atoms with Gasteiger partial charge in [0.2, 0.25) is 0 Å². The quantitative estimate of drug-likeness (QED) is 0.579. The third-order valence-corrected chi connectivity index (χ3v) is 3.85. The fourth-order valence-corrected chi connectivity index (χ4v) is 2.43. The highest BCUT2D eigenvalue weighted by Gasteiger charge is 2.03. The maximum absolute atomic E-state index is 5.69. The molecule has 0 aliphatic heterocycles. The van der Waals surface area contributed by atoms with Crippen molar-refractivity contribution in [2.75, 3.05) is 5.43 Å². The second kappa shape index (κ2) is 7.45. The predicted octanol–water partition coefficient (Wildman–Crippen LogP) is 5.30. The number of benzene rings is 2. The number of nitrogens with zero attached hydrogens (tertiary/aromatic N) is 1. The summed E-state index contributed by atoms with van der Waals surface area (Å²) in [5, 5.41) is 4.28. The van der Waals surface area contributed by atoms with E-state index in [1.807, 2.05) is 38.1 Å². The van der Waals surface area contributed by atoms with Crippen LogP contribution in [0.4, 0.5) is 5.69 Å². The average molecular weight is 361 g/mol. The molecule has 0 unspecified atom stereocenters. The summed E-state index contributed by atoms with van der Waals surface area (Å²) in [6.45, 7) is 8.21. The number of hydrogen-bond donors (Lipinski definition) is 1. The average Bonchev–Trinajstić information content (AvgIpc) is 2.45. The molecule has 0 aromatic heterocycles. The maximum Gasteiger partial charge on any atom is 0.133 e. The van der Waals surface area contributed by atoms with Crippen LogP contribution in [0, 0.1) is 13.8 Å². The second-order valence-electron chi connectivity index (χ2n) is 5.53. The molecule has 2 rings (SSSR count). The van der Waals surface area contributed by atoms with E-state index in [1.165, 1.54) is 11.1 Å². The maximum atomic E-state index is 5.69. The van der Waals surface area contributed by atoms with Gasteiger partial charge in [-0.1, -0.05) is 6.07 Å². The van der Waals surface area contributed by atoms with Crippen LogP contribution in [0.5, 0.6) is 5.75 Å². The van der Waals surface area contributed by atoms with Crippen molar-refractivity contribution in [1.82, 2.24) is 0 Å². The lowest BCUT2D eigenvalue weighted by molar-refractivity contribution is 0.241. The van der Waals surface area contributed by atoms with Crippen LogP contribution < -0.4 is 10.2 Å². The first-order chi connectivity index (χ1) is 10.5. The van der Waals surface area contributed by atoms with Crippen molar-refractivity contribution in [1.29, 1.82) is 0 Å². The Hall–Kier alpha value is -1.81. The Morgan fingerprint density at radius 1 is 1.09 bits per heavy atom. The molecule has 0 aliphatic carbocycles. The van der Waals surface area contributed by atoms with Gasteiger partial charge in [0.05, 0.1) is 22.5 Å². The SMILES string of the molecule is Cc1ccc(N/N=C/c2ccc(OC(C)C)c(Br)c2)cc1C. The van der Waals surface area contributed by atoms with Crippen molar-refractivity contribution in [3.8, 4) is 5.75 Å². The molecule has 0 radical (unpaired) electrons. The summed E-state index contributed by atoms with van der Waals surface area (Å²) in [6.07, 6.45) is 1.95. The Labute approximate surface area is 140 Å². The van der Waals surface area contributed by atoms with Crippen molar-refractivity contribution in [2.45, 2.75) is 33.8 Å². The van der Waals surface area contributed by atoms with Crippen LogP contribution in [0.3, 0.4) is 0 Å². The van der Waals surface area contributed by atoms with Crippen LogP contribution in [-0.2, 0) is 0 Å². The van der Waals surface area contributed by atoms with E-state index in [4.69, 9.17) is 4.74 Å². The van der Waals surface area contributed by atoms with Gasteiger partial charge in [0, 0.05) is 0 Å². The van der Waals surface area contributed by atoms with E-state index in [1.54, 1.807) is 6.21 Å². The second-order valence-corrected chi connectivity index (χ2v) is 6.38. The third-order valence-electron chi connectivity index (χ3n) is 3.23. The highest BCUT2D eigenvalue weighted by atomic mass is 79.9. The molecule has 2 aromatic carbocycles. The summed E-state index contributed by atoms with van der Waals surface area (Å²) in [6, 6.07) is 12.1. The lowest BCUT2D eigenvalue weighted by atomic mass is 10.1. The largest absolute Gasteiger partial charge is 0.490 e. The fourth-order valence-electron chi connectivity index (χ4n) is 1.94. The van der Waals surface area contributed by atoms with Crippen molar-refractivity contribution < 1.29 is 4.74 Å². The smallest absolute Gasteiger partial charge is 0.133 e. The van der Waals surface area contributed by atoms with Gasteiger partial charge < -0.3 is 4.74 Å². The summed E-state index contributed by atoms with van der Waals surface area (Å²) >= 11 is 3.52. The summed E-state index contributed by atoms with van der Waals surface area (Å²) in [5.74, 6) is 0.842. The van der Waals surface area contributed by atoms with Gasteiger partial charge in [-0.3, -0.25) is 5.43 Å². The number of ether oxygens (including phenoxy) is 1.